The summed E-state index contributed by atoms with van der Waals surface area (Å²) in [5, 5.41) is 3.51. The van der Waals surface area contributed by atoms with Crippen molar-refractivity contribution >= 4 is 28.9 Å². The van der Waals surface area contributed by atoms with Crippen molar-refractivity contribution in [2.75, 3.05) is 5.32 Å². The van der Waals surface area contributed by atoms with Gasteiger partial charge in [0.15, 0.2) is 0 Å². The number of rotatable bonds is 5. The highest BCUT2D eigenvalue weighted by molar-refractivity contribution is 7.15. The molecule has 1 fully saturated rings. The first-order chi connectivity index (χ1) is 13.7. The maximum absolute atomic E-state index is 12.9. The number of aromatic nitrogens is 3. The van der Waals surface area contributed by atoms with Crippen molar-refractivity contribution in [3.63, 3.8) is 0 Å². The van der Waals surface area contributed by atoms with Gasteiger partial charge in [-0.05, 0) is 49.1 Å². The summed E-state index contributed by atoms with van der Waals surface area (Å²) in [7, 11) is 0. The number of benzene rings is 1. The number of carbonyl (C=O) groups is 1. The van der Waals surface area contributed by atoms with Crippen LogP contribution in [0.15, 0.2) is 36.7 Å². The van der Waals surface area contributed by atoms with E-state index in [1.54, 1.807) is 18.3 Å². The predicted octanol–water partition coefficient (Wildman–Crippen LogP) is 4.19. The molecule has 1 amide bonds. The van der Waals surface area contributed by atoms with Crippen molar-refractivity contribution < 1.29 is 18.0 Å². The summed E-state index contributed by atoms with van der Waals surface area (Å²) in [6, 6.07) is 6.30. The molecule has 0 aliphatic heterocycles. The van der Waals surface area contributed by atoms with E-state index in [4.69, 9.17) is 5.73 Å². The van der Waals surface area contributed by atoms with Crippen LogP contribution in [0.2, 0.25) is 0 Å². The van der Waals surface area contributed by atoms with Gasteiger partial charge in [0.2, 0.25) is 11.9 Å². The Morgan fingerprint density at radius 3 is 2.66 bits per heavy atom. The molecule has 0 atom stereocenters. The second kappa shape index (κ2) is 6.80. The van der Waals surface area contributed by atoms with Crippen molar-refractivity contribution in [2.45, 2.75) is 31.4 Å². The van der Waals surface area contributed by atoms with Crippen molar-refractivity contribution in [1.82, 2.24) is 15.0 Å². The first kappa shape index (κ1) is 19.3. The molecule has 0 spiro atoms. The zero-order valence-corrected chi connectivity index (χ0v) is 16.1. The number of amides is 1. The molecule has 2 heterocycles. The lowest BCUT2D eigenvalue weighted by atomic mass is 10.1. The van der Waals surface area contributed by atoms with Gasteiger partial charge in [0.1, 0.15) is 16.1 Å². The molecule has 0 unspecified atom stereocenters. The molecular weight excluding hydrogens is 403 g/mol. The minimum Gasteiger partial charge on any atom is -0.369 e. The molecule has 0 bridgehead atoms. The first-order valence-corrected chi connectivity index (χ1v) is 9.55. The van der Waals surface area contributed by atoms with Crippen molar-refractivity contribution in [2.24, 2.45) is 5.73 Å². The summed E-state index contributed by atoms with van der Waals surface area (Å²) in [5.41, 5.74) is 6.10. The number of hydrogen-bond donors (Lipinski definition) is 2. The molecule has 150 valence electrons. The fourth-order valence-electron chi connectivity index (χ4n) is 3.02. The molecule has 4 rings (SSSR count). The summed E-state index contributed by atoms with van der Waals surface area (Å²) in [6.45, 7) is 1.87. The van der Waals surface area contributed by atoms with Gasteiger partial charge in [-0.1, -0.05) is 6.07 Å². The molecule has 10 heteroatoms. The van der Waals surface area contributed by atoms with Crippen LogP contribution in [0, 0.1) is 6.92 Å². The van der Waals surface area contributed by atoms with Crippen LogP contribution in [0.4, 0.5) is 24.8 Å². The summed E-state index contributed by atoms with van der Waals surface area (Å²) < 4.78 is 38.6. The Balaban J connectivity index is 1.63. The Bertz CT molecular complexity index is 1090. The summed E-state index contributed by atoms with van der Waals surface area (Å²) in [6.07, 6.45) is -0.410. The van der Waals surface area contributed by atoms with E-state index in [2.05, 4.69) is 20.3 Å². The highest BCUT2D eigenvalue weighted by Crippen LogP contribution is 2.50. The zero-order valence-electron chi connectivity index (χ0n) is 15.2. The average Bonchev–Trinajstić information content (AvgIpc) is 3.31. The SMILES string of the molecule is Cc1cc(Nc2nccc(C(F)(F)F)n2)cc(-c2cnc(C3(C(N)=O)CC3)s2)c1. The summed E-state index contributed by atoms with van der Waals surface area (Å²) in [4.78, 5) is 24.3. The van der Waals surface area contributed by atoms with Crippen LogP contribution in [0.5, 0.6) is 0 Å². The Hall–Kier alpha value is -3.01. The number of nitrogens with two attached hydrogens (primary N) is 1. The molecular formula is C19H16F3N5OS. The second-order valence-electron chi connectivity index (χ2n) is 6.95. The second-order valence-corrected chi connectivity index (χ2v) is 7.98. The van der Waals surface area contributed by atoms with Crippen molar-refractivity contribution in [3.05, 3.63) is 52.9 Å². The molecule has 6 nitrogen and oxygen atoms in total. The van der Waals surface area contributed by atoms with Gasteiger partial charge >= 0.3 is 6.18 Å². The van der Waals surface area contributed by atoms with Gasteiger partial charge in [-0.15, -0.1) is 11.3 Å². The monoisotopic (exact) mass is 419 g/mol. The van der Waals surface area contributed by atoms with E-state index in [1.165, 1.54) is 11.3 Å². The molecule has 3 N–H and O–H groups in total. The van der Waals surface area contributed by atoms with E-state index in [-0.39, 0.29) is 11.9 Å². The molecule has 1 aromatic carbocycles. The predicted molar refractivity (Wildman–Crippen MR) is 103 cm³/mol. The van der Waals surface area contributed by atoms with Crippen LogP contribution in [0.25, 0.3) is 10.4 Å². The lowest BCUT2D eigenvalue weighted by Crippen LogP contribution is -2.28. The van der Waals surface area contributed by atoms with Crippen LogP contribution in [0.1, 0.15) is 29.1 Å². The molecule has 1 aliphatic rings. The molecule has 0 saturated heterocycles. The number of halogens is 3. The van der Waals surface area contributed by atoms with E-state index in [9.17, 15) is 18.0 Å². The number of alkyl halides is 3. The van der Waals surface area contributed by atoms with Crippen LogP contribution in [0.3, 0.4) is 0 Å². The van der Waals surface area contributed by atoms with Gasteiger partial charge in [-0.2, -0.15) is 13.2 Å². The number of carbonyl (C=O) groups excluding carboxylic acids is 1. The van der Waals surface area contributed by atoms with Gasteiger partial charge in [0, 0.05) is 18.1 Å². The minimum absolute atomic E-state index is 0.146. The van der Waals surface area contributed by atoms with Gasteiger partial charge < -0.3 is 11.1 Å². The van der Waals surface area contributed by atoms with Gasteiger partial charge in [0.05, 0.1) is 4.88 Å². The highest BCUT2D eigenvalue weighted by atomic mass is 32.1. The van der Waals surface area contributed by atoms with E-state index in [0.29, 0.717) is 23.5 Å². The quantitative estimate of drug-likeness (QED) is 0.647. The van der Waals surface area contributed by atoms with E-state index < -0.39 is 17.3 Å². The normalized spacial score (nSPS) is 15.2. The highest BCUT2D eigenvalue weighted by Gasteiger charge is 2.52. The molecule has 3 aromatic rings. The van der Waals surface area contributed by atoms with Gasteiger partial charge in [-0.25, -0.2) is 15.0 Å². The van der Waals surface area contributed by atoms with Crippen LogP contribution < -0.4 is 11.1 Å². The van der Waals surface area contributed by atoms with Crippen LogP contribution in [-0.2, 0) is 16.4 Å². The topological polar surface area (TPSA) is 93.8 Å². The maximum atomic E-state index is 12.9. The number of anilines is 2. The van der Waals surface area contributed by atoms with E-state index in [0.717, 1.165) is 28.3 Å². The molecule has 2 aromatic heterocycles. The average molecular weight is 419 g/mol. The van der Waals surface area contributed by atoms with E-state index in [1.807, 2.05) is 13.0 Å². The first-order valence-electron chi connectivity index (χ1n) is 8.73. The van der Waals surface area contributed by atoms with Crippen LogP contribution >= 0.6 is 11.3 Å². The largest absolute Gasteiger partial charge is 0.433 e. The Morgan fingerprint density at radius 1 is 1.24 bits per heavy atom. The Morgan fingerprint density at radius 2 is 2.00 bits per heavy atom. The Kier molecular flexibility index (Phi) is 4.53. The minimum atomic E-state index is -4.55. The number of nitrogens with zero attached hydrogens (tertiary/aromatic N) is 3. The van der Waals surface area contributed by atoms with E-state index >= 15 is 0 Å². The standard InChI is InChI=1S/C19H16F3N5OS/c1-10-6-11(13-9-25-16(29-13)18(3-4-18)15(23)28)8-12(7-10)26-17-24-5-2-14(27-17)19(20,21)22/h2,5-9H,3-4H2,1H3,(H2,23,28)(H,24,26,27). The number of thiazole rings is 1. The fourth-order valence-corrected chi connectivity index (χ4v) is 4.18. The maximum Gasteiger partial charge on any atom is 0.433 e. The number of aryl methyl sites for hydroxylation is 1. The fraction of sp³-hybridized carbons (Fsp3) is 0.263. The smallest absolute Gasteiger partial charge is 0.369 e. The van der Waals surface area contributed by atoms with Gasteiger partial charge in [-0.3, -0.25) is 4.79 Å². The third-order valence-corrected chi connectivity index (χ3v) is 5.95. The Labute approximate surface area is 168 Å². The third-order valence-electron chi connectivity index (χ3n) is 4.70. The summed E-state index contributed by atoms with van der Waals surface area (Å²) in [5.74, 6) is -0.515. The van der Waals surface area contributed by atoms with Gasteiger partial charge in [0.25, 0.3) is 0 Å². The van der Waals surface area contributed by atoms with Crippen molar-refractivity contribution in [1.29, 1.82) is 0 Å². The molecule has 1 saturated carbocycles. The number of nitrogens with one attached hydrogen (secondary N) is 1. The van der Waals surface area contributed by atoms with Crippen molar-refractivity contribution in [3.8, 4) is 10.4 Å². The summed E-state index contributed by atoms with van der Waals surface area (Å²) >= 11 is 1.39. The molecule has 0 radical (unpaired) electrons. The molecule has 29 heavy (non-hydrogen) atoms. The third kappa shape index (κ3) is 3.80. The van der Waals surface area contributed by atoms with Crippen LogP contribution in [-0.4, -0.2) is 20.9 Å². The number of primary amides is 1. The zero-order chi connectivity index (χ0) is 20.8. The lowest BCUT2D eigenvalue weighted by Gasteiger charge is -2.10. The lowest BCUT2D eigenvalue weighted by molar-refractivity contribution is -0.141. The number of hydrogen-bond acceptors (Lipinski definition) is 6. The molecule has 1 aliphatic carbocycles.